The zero-order chi connectivity index (χ0) is 19.4. The van der Waals surface area contributed by atoms with Gasteiger partial charge in [0.15, 0.2) is 0 Å². The van der Waals surface area contributed by atoms with Crippen LogP contribution in [0.15, 0.2) is 84.9 Å². The van der Waals surface area contributed by atoms with Gasteiger partial charge in [-0.25, -0.2) is 0 Å². The van der Waals surface area contributed by atoms with E-state index in [1.54, 1.807) is 7.11 Å². The second-order valence-corrected chi connectivity index (χ2v) is 7.49. The number of aliphatic hydroxyl groups is 1. The van der Waals surface area contributed by atoms with E-state index < -0.39 is 5.60 Å². The van der Waals surface area contributed by atoms with Crippen molar-refractivity contribution in [2.24, 2.45) is 0 Å². The maximum absolute atomic E-state index is 11.4. The summed E-state index contributed by atoms with van der Waals surface area (Å²) in [5, 5.41) is 11.4. The van der Waals surface area contributed by atoms with Gasteiger partial charge in [-0.15, -0.1) is 0 Å². The Kier molecular flexibility index (Phi) is 5.47. The third kappa shape index (κ3) is 3.68. The Morgan fingerprint density at radius 2 is 1.29 bits per heavy atom. The van der Waals surface area contributed by atoms with Gasteiger partial charge in [-0.05, 0) is 30.0 Å². The van der Waals surface area contributed by atoms with Gasteiger partial charge in [-0.3, -0.25) is 4.90 Å². The molecule has 1 aliphatic heterocycles. The van der Waals surface area contributed by atoms with Crippen LogP contribution in [0.5, 0.6) is 5.75 Å². The number of benzene rings is 3. The zero-order valence-electron chi connectivity index (χ0n) is 16.3. The molecule has 0 saturated carbocycles. The van der Waals surface area contributed by atoms with Crippen molar-refractivity contribution in [1.29, 1.82) is 0 Å². The van der Waals surface area contributed by atoms with E-state index in [0.29, 0.717) is 12.8 Å². The van der Waals surface area contributed by atoms with Crippen LogP contribution in [0.25, 0.3) is 0 Å². The Bertz CT molecular complexity index is 847. The quantitative estimate of drug-likeness (QED) is 0.699. The van der Waals surface area contributed by atoms with Crippen LogP contribution in [0, 0.1) is 0 Å². The van der Waals surface area contributed by atoms with Crippen molar-refractivity contribution in [3.05, 3.63) is 102 Å². The van der Waals surface area contributed by atoms with Crippen molar-refractivity contribution >= 4 is 0 Å². The fourth-order valence-electron chi connectivity index (χ4n) is 4.34. The lowest BCUT2D eigenvalue weighted by Gasteiger charge is -2.42. The predicted octanol–water partition coefficient (Wildman–Crippen LogP) is 4.77. The van der Waals surface area contributed by atoms with Crippen molar-refractivity contribution in [2.45, 2.75) is 24.5 Å². The molecule has 0 atom stereocenters. The third-order valence-corrected chi connectivity index (χ3v) is 5.83. The molecule has 0 aliphatic carbocycles. The Morgan fingerprint density at radius 3 is 1.82 bits per heavy atom. The van der Waals surface area contributed by atoms with Gasteiger partial charge in [0.1, 0.15) is 5.75 Å². The molecule has 0 spiro atoms. The summed E-state index contributed by atoms with van der Waals surface area (Å²) in [5.41, 5.74) is 2.63. The minimum atomic E-state index is -0.846. The fraction of sp³-hybridized carbons (Fsp3) is 0.280. The van der Waals surface area contributed by atoms with Gasteiger partial charge in [0, 0.05) is 18.7 Å². The van der Waals surface area contributed by atoms with E-state index in [1.807, 2.05) is 24.3 Å². The Balaban J connectivity index is 1.60. The SMILES string of the molecule is COc1ccccc1C1(O)CCN(C(c2ccccc2)c2ccccc2)CC1. The van der Waals surface area contributed by atoms with Crippen LogP contribution < -0.4 is 4.74 Å². The molecule has 1 heterocycles. The zero-order valence-corrected chi connectivity index (χ0v) is 16.3. The highest BCUT2D eigenvalue weighted by atomic mass is 16.5. The van der Waals surface area contributed by atoms with Crippen LogP contribution >= 0.6 is 0 Å². The van der Waals surface area contributed by atoms with E-state index in [0.717, 1.165) is 24.4 Å². The lowest BCUT2D eigenvalue weighted by molar-refractivity contribution is -0.0339. The number of hydrogen-bond acceptors (Lipinski definition) is 3. The number of likely N-dealkylation sites (tertiary alicyclic amines) is 1. The van der Waals surface area contributed by atoms with E-state index in [1.165, 1.54) is 11.1 Å². The summed E-state index contributed by atoms with van der Waals surface area (Å²) in [6.07, 6.45) is 1.37. The van der Waals surface area contributed by atoms with Crippen LogP contribution in [-0.4, -0.2) is 30.2 Å². The molecule has 1 N–H and O–H groups in total. The molecule has 0 bridgehead atoms. The molecule has 1 fully saturated rings. The summed E-state index contributed by atoms with van der Waals surface area (Å²) in [7, 11) is 1.66. The molecule has 3 nitrogen and oxygen atoms in total. The minimum Gasteiger partial charge on any atom is -0.496 e. The lowest BCUT2D eigenvalue weighted by Crippen LogP contribution is -2.44. The largest absolute Gasteiger partial charge is 0.496 e. The topological polar surface area (TPSA) is 32.7 Å². The number of methoxy groups -OCH3 is 1. The Morgan fingerprint density at radius 1 is 0.786 bits per heavy atom. The molecule has 3 aromatic rings. The van der Waals surface area contributed by atoms with Crippen molar-refractivity contribution < 1.29 is 9.84 Å². The number of para-hydroxylation sites is 1. The summed E-state index contributed by atoms with van der Waals surface area (Å²) in [6.45, 7) is 1.64. The van der Waals surface area contributed by atoms with E-state index in [4.69, 9.17) is 4.74 Å². The van der Waals surface area contributed by atoms with Crippen molar-refractivity contribution in [3.63, 3.8) is 0 Å². The first kappa shape index (κ1) is 18.7. The Hall–Kier alpha value is -2.62. The molecule has 144 valence electrons. The van der Waals surface area contributed by atoms with Gasteiger partial charge in [-0.1, -0.05) is 78.9 Å². The van der Waals surface area contributed by atoms with E-state index in [-0.39, 0.29) is 6.04 Å². The molecule has 0 aromatic heterocycles. The molecule has 1 aliphatic rings. The molecule has 3 aromatic carbocycles. The standard InChI is InChI=1S/C25H27NO2/c1-28-23-15-9-8-14-22(23)25(27)16-18-26(19-17-25)24(20-10-4-2-5-11-20)21-12-6-3-7-13-21/h2-15,24,27H,16-19H2,1H3. The summed E-state index contributed by atoms with van der Waals surface area (Å²) in [6, 6.07) is 29.3. The maximum Gasteiger partial charge on any atom is 0.124 e. The molecule has 1 saturated heterocycles. The second kappa shape index (κ2) is 8.17. The van der Waals surface area contributed by atoms with Crippen LogP contribution in [0.3, 0.4) is 0 Å². The number of hydrogen-bond donors (Lipinski definition) is 1. The Labute approximate surface area is 167 Å². The smallest absolute Gasteiger partial charge is 0.124 e. The van der Waals surface area contributed by atoms with Crippen LogP contribution in [0.2, 0.25) is 0 Å². The number of ether oxygens (including phenoxy) is 1. The fourth-order valence-corrected chi connectivity index (χ4v) is 4.34. The minimum absolute atomic E-state index is 0.199. The van der Waals surface area contributed by atoms with Gasteiger partial charge in [0.25, 0.3) is 0 Å². The summed E-state index contributed by atoms with van der Waals surface area (Å²) in [4.78, 5) is 2.48. The number of piperidine rings is 1. The highest BCUT2D eigenvalue weighted by molar-refractivity contribution is 5.39. The van der Waals surface area contributed by atoms with Gasteiger partial charge >= 0.3 is 0 Å². The van der Waals surface area contributed by atoms with Gasteiger partial charge < -0.3 is 9.84 Å². The molecule has 28 heavy (non-hydrogen) atoms. The molecule has 3 heteroatoms. The van der Waals surface area contributed by atoms with E-state index in [9.17, 15) is 5.11 Å². The highest BCUT2D eigenvalue weighted by Gasteiger charge is 2.38. The van der Waals surface area contributed by atoms with Crippen LogP contribution in [0.4, 0.5) is 0 Å². The first-order chi connectivity index (χ1) is 13.7. The molecule has 0 unspecified atom stereocenters. The summed E-state index contributed by atoms with van der Waals surface area (Å²) >= 11 is 0. The number of rotatable bonds is 5. The van der Waals surface area contributed by atoms with Gasteiger partial charge in [-0.2, -0.15) is 0 Å². The average molecular weight is 373 g/mol. The van der Waals surface area contributed by atoms with Gasteiger partial charge in [0.05, 0.1) is 18.8 Å². The van der Waals surface area contributed by atoms with E-state index >= 15 is 0 Å². The molecular weight excluding hydrogens is 346 g/mol. The van der Waals surface area contributed by atoms with Crippen molar-refractivity contribution in [3.8, 4) is 5.75 Å². The van der Waals surface area contributed by atoms with Crippen molar-refractivity contribution in [1.82, 2.24) is 4.90 Å². The highest BCUT2D eigenvalue weighted by Crippen LogP contribution is 2.41. The molecule has 4 rings (SSSR count). The average Bonchev–Trinajstić information content (AvgIpc) is 2.77. The molecule has 0 amide bonds. The number of nitrogens with zero attached hydrogens (tertiary/aromatic N) is 1. The molecule has 0 radical (unpaired) electrons. The first-order valence-electron chi connectivity index (χ1n) is 9.91. The summed E-state index contributed by atoms with van der Waals surface area (Å²) in [5.74, 6) is 0.765. The van der Waals surface area contributed by atoms with E-state index in [2.05, 4.69) is 65.6 Å². The first-order valence-corrected chi connectivity index (χ1v) is 9.91. The third-order valence-electron chi connectivity index (χ3n) is 5.83. The van der Waals surface area contributed by atoms with Gasteiger partial charge in [0.2, 0.25) is 0 Å². The predicted molar refractivity (Wildman–Crippen MR) is 112 cm³/mol. The monoisotopic (exact) mass is 373 g/mol. The second-order valence-electron chi connectivity index (χ2n) is 7.49. The molecular formula is C25H27NO2. The normalized spacial score (nSPS) is 16.8. The van der Waals surface area contributed by atoms with Crippen LogP contribution in [-0.2, 0) is 5.60 Å². The maximum atomic E-state index is 11.4. The lowest BCUT2D eigenvalue weighted by atomic mass is 9.82. The summed E-state index contributed by atoms with van der Waals surface area (Å²) < 4.78 is 5.50. The van der Waals surface area contributed by atoms with Crippen LogP contribution in [0.1, 0.15) is 35.6 Å². The van der Waals surface area contributed by atoms with Crippen molar-refractivity contribution in [2.75, 3.05) is 20.2 Å².